The molecule has 0 saturated carbocycles. The highest BCUT2D eigenvalue weighted by Gasteiger charge is 2.01. The van der Waals surface area contributed by atoms with E-state index in [1.165, 1.54) is 13.0 Å². The van der Waals surface area contributed by atoms with Crippen LogP contribution in [-0.4, -0.2) is 12.2 Å². The lowest BCUT2D eigenvalue weighted by atomic mass is 10.1. The van der Waals surface area contributed by atoms with Crippen molar-refractivity contribution >= 4 is 17.9 Å². The van der Waals surface area contributed by atoms with Crippen LogP contribution in [0.1, 0.15) is 12.5 Å². The van der Waals surface area contributed by atoms with Crippen molar-refractivity contribution in [2.45, 2.75) is 6.92 Å². The Morgan fingerprint density at radius 3 is 2.43 bits per heavy atom. The molecule has 14 heavy (non-hydrogen) atoms. The van der Waals surface area contributed by atoms with Gasteiger partial charge in [0.15, 0.2) is 0 Å². The standard InChI is InChI=1S/C11H11NO2/c1-9(14)12-11(7-8-13)10-5-3-2-4-6-10/h2-8H,1H3,(H,12,14)/b11-7+. The molecule has 0 radical (unpaired) electrons. The molecule has 3 nitrogen and oxygen atoms in total. The summed E-state index contributed by atoms with van der Waals surface area (Å²) in [7, 11) is 0. The number of amides is 1. The Kier molecular flexibility index (Phi) is 3.61. The molecule has 1 aromatic rings. The second kappa shape index (κ2) is 4.97. The van der Waals surface area contributed by atoms with Crippen LogP contribution in [0.3, 0.4) is 0 Å². The Bertz CT molecular complexity index is 355. The SMILES string of the molecule is CC(=O)N/C(=C/C=O)c1ccccc1. The molecule has 3 heteroatoms. The third-order valence-corrected chi connectivity index (χ3v) is 1.63. The number of rotatable bonds is 3. The Morgan fingerprint density at radius 2 is 1.93 bits per heavy atom. The highest BCUT2D eigenvalue weighted by atomic mass is 16.1. The van der Waals surface area contributed by atoms with Crippen LogP contribution < -0.4 is 5.32 Å². The van der Waals surface area contributed by atoms with Gasteiger partial charge < -0.3 is 5.32 Å². The van der Waals surface area contributed by atoms with Gasteiger partial charge in [-0.15, -0.1) is 0 Å². The third-order valence-electron chi connectivity index (χ3n) is 1.63. The monoisotopic (exact) mass is 189 g/mol. The van der Waals surface area contributed by atoms with Crippen molar-refractivity contribution < 1.29 is 9.59 Å². The predicted octanol–water partition coefficient (Wildman–Crippen LogP) is 1.36. The van der Waals surface area contributed by atoms with Crippen LogP contribution in [0.25, 0.3) is 5.70 Å². The number of aldehydes is 1. The van der Waals surface area contributed by atoms with Gasteiger partial charge in [0, 0.05) is 13.0 Å². The second-order valence-corrected chi connectivity index (χ2v) is 2.76. The van der Waals surface area contributed by atoms with Crippen LogP contribution in [0.15, 0.2) is 36.4 Å². The van der Waals surface area contributed by atoms with Crippen molar-refractivity contribution in [1.29, 1.82) is 0 Å². The summed E-state index contributed by atoms with van der Waals surface area (Å²) in [6.45, 7) is 1.40. The second-order valence-electron chi connectivity index (χ2n) is 2.76. The van der Waals surface area contributed by atoms with E-state index in [1.54, 1.807) is 0 Å². The molecule has 1 N–H and O–H groups in total. The fourth-order valence-electron chi connectivity index (χ4n) is 1.09. The normalized spacial score (nSPS) is 10.8. The first-order valence-electron chi connectivity index (χ1n) is 4.22. The first kappa shape index (κ1) is 10.2. The summed E-state index contributed by atoms with van der Waals surface area (Å²) in [6, 6.07) is 9.21. The minimum absolute atomic E-state index is 0.193. The molecule has 0 aliphatic carbocycles. The van der Waals surface area contributed by atoms with Gasteiger partial charge in [-0.25, -0.2) is 0 Å². The number of carbonyl (C=O) groups is 2. The van der Waals surface area contributed by atoms with E-state index in [9.17, 15) is 9.59 Å². The molecule has 1 amide bonds. The zero-order chi connectivity index (χ0) is 10.4. The van der Waals surface area contributed by atoms with Crippen molar-refractivity contribution in [1.82, 2.24) is 5.32 Å². The number of hydrogen-bond acceptors (Lipinski definition) is 2. The fourth-order valence-corrected chi connectivity index (χ4v) is 1.09. The van der Waals surface area contributed by atoms with E-state index in [-0.39, 0.29) is 5.91 Å². The molecule has 0 saturated heterocycles. The first-order valence-corrected chi connectivity index (χ1v) is 4.22. The van der Waals surface area contributed by atoms with Gasteiger partial charge in [-0.3, -0.25) is 9.59 Å². The predicted molar refractivity (Wildman–Crippen MR) is 54.3 cm³/mol. The van der Waals surface area contributed by atoms with Crippen molar-refractivity contribution in [2.24, 2.45) is 0 Å². The summed E-state index contributed by atoms with van der Waals surface area (Å²) in [5.41, 5.74) is 1.34. The number of carbonyl (C=O) groups excluding carboxylic acids is 2. The van der Waals surface area contributed by atoms with Gasteiger partial charge >= 0.3 is 0 Å². The Balaban J connectivity index is 2.95. The van der Waals surface area contributed by atoms with Crippen molar-refractivity contribution in [2.75, 3.05) is 0 Å². The highest BCUT2D eigenvalue weighted by Crippen LogP contribution is 2.09. The molecule has 0 spiro atoms. The fraction of sp³-hybridized carbons (Fsp3) is 0.0909. The molecular weight excluding hydrogens is 178 g/mol. The van der Waals surface area contributed by atoms with Gasteiger partial charge in [-0.05, 0) is 5.56 Å². The van der Waals surface area contributed by atoms with Gasteiger partial charge in [0.25, 0.3) is 0 Å². The molecule has 0 aliphatic heterocycles. The number of hydrogen-bond donors (Lipinski definition) is 1. The molecule has 0 heterocycles. The maximum absolute atomic E-state index is 10.8. The lowest BCUT2D eigenvalue weighted by Gasteiger charge is -2.06. The maximum Gasteiger partial charge on any atom is 0.221 e. The highest BCUT2D eigenvalue weighted by molar-refractivity contribution is 5.90. The zero-order valence-corrected chi connectivity index (χ0v) is 7.86. The van der Waals surface area contributed by atoms with Crippen molar-refractivity contribution in [3.05, 3.63) is 42.0 Å². The van der Waals surface area contributed by atoms with Crippen molar-refractivity contribution in [3.8, 4) is 0 Å². The molecule has 0 aromatic heterocycles. The minimum Gasteiger partial charge on any atom is -0.326 e. The molecule has 0 atom stereocenters. The van der Waals surface area contributed by atoms with Crippen LogP contribution in [0.2, 0.25) is 0 Å². The van der Waals surface area contributed by atoms with Crippen LogP contribution in [0.4, 0.5) is 0 Å². The van der Waals surface area contributed by atoms with E-state index >= 15 is 0 Å². The van der Waals surface area contributed by atoms with Crippen LogP contribution in [-0.2, 0) is 9.59 Å². The summed E-state index contributed by atoms with van der Waals surface area (Å²) in [5, 5.41) is 2.59. The number of benzene rings is 1. The molecule has 72 valence electrons. The Morgan fingerprint density at radius 1 is 1.29 bits per heavy atom. The smallest absolute Gasteiger partial charge is 0.221 e. The molecule has 1 aromatic carbocycles. The third kappa shape index (κ3) is 2.86. The van der Waals surface area contributed by atoms with Gasteiger partial charge in [0.2, 0.25) is 5.91 Å². The van der Waals surface area contributed by atoms with Gasteiger partial charge in [-0.2, -0.15) is 0 Å². The topological polar surface area (TPSA) is 46.2 Å². The maximum atomic E-state index is 10.8. The van der Waals surface area contributed by atoms with Crippen LogP contribution in [0.5, 0.6) is 0 Å². The van der Waals surface area contributed by atoms with Gasteiger partial charge in [-0.1, -0.05) is 30.3 Å². The first-order chi connectivity index (χ1) is 6.74. The van der Waals surface area contributed by atoms with E-state index < -0.39 is 0 Å². The summed E-state index contributed by atoms with van der Waals surface area (Å²) in [4.78, 5) is 21.2. The van der Waals surface area contributed by atoms with E-state index in [4.69, 9.17) is 0 Å². The summed E-state index contributed by atoms with van der Waals surface area (Å²) >= 11 is 0. The lowest BCUT2D eigenvalue weighted by Crippen LogP contribution is -2.18. The lowest BCUT2D eigenvalue weighted by molar-refractivity contribution is -0.117. The Hall–Kier alpha value is -1.90. The molecular formula is C11H11NO2. The molecule has 0 bridgehead atoms. The summed E-state index contributed by atoms with van der Waals surface area (Å²) in [5.74, 6) is -0.193. The largest absolute Gasteiger partial charge is 0.326 e. The van der Waals surface area contributed by atoms with E-state index in [0.29, 0.717) is 12.0 Å². The number of nitrogens with one attached hydrogen (secondary N) is 1. The minimum atomic E-state index is -0.193. The molecule has 0 unspecified atom stereocenters. The van der Waals surface area contributed by atoms with Crippen molar-refractivity contribution in [3.63, 3.8) is 0 Å². The van der Waals surface area contributed by atoms with Crippen LogP contribution in [0, 0.1) is 0 Å². The van der Waals surface area contributed by atoms with E-state index in [0.717, 1.165) is 5.56 Å². The summed E-state index contributed by atoms with van der Waals surface area (Å²) in [6.07, 6.45) is 1.98. The zero-order valence-electron chi connectivity index (χ0n) is 7.86. The van der Waals surface area contributed by atoms with E-state index in [2.05, 4.69) is 5.32 Å². The number of allylic oxidation sites excluding steroid dienone is 1. The quantitative estimate of drug-likeness (QED) is 0.576. The van der Waals surface area contributed by atoms with Gasteiger partial charge in [0.05, 0.1) is 5.70 Å². The molecule has 0 fully saturated rings. The molecule has 1 rings (SSSR count). The Labute approximate surface area is 82.4 Å². The average Bonchev–Trinajstić information content (AvgIpc) is 2.18. The van der Waals surface area contributed by atoms with Crippen LogP contribution >= 0.6 is 0 Å². The van der Waals surface area contributed by atoms with E-state index in [1.807, 2.05) is 30.3 Å². The summed E-state index contributed by atoms with van der Waals surface area (Å²) < 4.78 is 0. The van der Waals surface area contributed by atoms with Gasteiger partial charge in [0.1, 0.15) is 6.29 Å². The average molecular weight is 189 g/mol. The molecule has 0 aliphatic rings.